The first-order valence-corrected chi connectivity index (χ1v) is 6.12. The quantitative estimate of drug-likeness (QED) is 0.826. The molecule has 0 aliphatic rings. The number of hydrogen-bond acceptors (Lipinski definition) is 3. The fourth-order valence-corrected chi connectivity index (χ4v) is 1.82. The zero-order chi connectivity index (χ0) is 13.4. The molecule has 0 heterocycles. The van der Waals surface area contributed by atoms with Crippen molar-refractivity contribution in [2.45, 2.75) is 19.9 Å². The van der Waals surface area contributed by atoms with E-state index >= 15 is 0 Å². The van der Waals surface area contributed by atoms with Crippen LogP contribution < -0.4 is 5.32 Å². The molecule has 1 N–H and O–H groups in total. The van der Waals surface area contributed by atoms with E-state index in [1.165, 1.54) is 0 Å². The summed E-state index contributed by atoms with van der Waals surface area (Å²) in [6, 6.07) is 9.69. The first-order valence-electron chi connectivity index (χ1n) is 6.12. The molecule has 1 amide bonds. The molecule has 1 rings (SSSR count). The van der Waals surface area contributed by atoms with Crippen LogP contribution in [0.15, 0.2) is 24.3 Å². The second kappa shape index (κ2) is 7.46. The zero-order valence-corrected chi connectivity index (χ0v) is 10.9. The Balaban J connectivity index is 2.76. The lowest BCUT2D eigenvalue weighted by Gasteiger charge is -2.21. The minimum absolute atomic E-state index is 0.00195. The third kappa shape index (κ3) is 4.19. The SMILES string of the molecule is CCCN(CC(=O)NC)Cc1ccccc1C#N. The second-order valence-electron chi connectivity index (χ2n) is 4.15. The standard InChI is InChI=1S/C14H19N3O/c1-3-8-17(11-14(18)16-2)10-13-7-5-4-6-12(13)9-15/h4-7H,3,8,10-11H2,1-2H3,(H,16,18). The summed E-state index contributed by atoms with van der Waals surface area (Å²) in [4.78, 5) is 13.5. The van der Waals surface area contributed by atoms with E-state index in [2.05, 4.69) is 23.2 Å². The van der Waals surface area contributed by atoms with Crippen LogP contribution in [0.2, 0.25) is 0 Å². The third-order valence-electron chi connectivity index (χ3n) is 2.72. The van der Waals surface area contributed by atoms with E-state index < -0.39 is 0 Å². The van der Waals surface area contributed by atoms with Crippen molar-refractivity contribution in [2.75, 3.05) is 20.1 Å². The van der Waals surface area contributed by atoms with Gasteiger partial charge < -0.3 is 5.32 Å². The summed E-state index contributed by atoms with van der Waals surface area (Å²) in [6.07, 6.45) is 0.978. The molecule has 4 nitrogen and oxygen atoms in total. The molecule has 4 heteroatoms. The van der Waals surface area contributed by atoms with Crippen LogP contribution in [0.4, 0.5) is 0 Å². The average Bonchev–Trinajstić information content (AvgIpc) is 2.39. The van der Waals surface area contributed by atoms with Crippen LogP contribution in [-0.4, -0.2) is 30.9 Å². The summed E-state index contributed by atoms with van der Waals surface area (Å²) in [5.74, 6) is -0.00195. The van der Waals surface area contributed by atoms with E-state index in [0.717, 1.165) is 18.5 Å². The normalized spacial score (nSPS) is 10.1. The minimum Gasteiger partial charge on any atom is -0.358 e. The van der Waals surface area contributed by atoms with Gasteiger partial charge in [0.1, 0.15) is 0 Å². The summed E-state index contributed by atoms with van der Waals surface area (Å²) in [6.45, 7) is 3.91. The van der Waals surface area contributed by atoms with Crippen LogP contribution in [0.3, 0.4) is 0 Å². The van der Waals surface area contributed by atoms with Gasteiger partial charge in [0, 0.05) is 13.6 Å². The van der Waals surface area contributed by atoms with Crippen molar-refractivity contribution in [1.82, 2.24) is 10.2 Å². The highest BCUT2D eigenvalue weighted by atomic mass is 16.1. The molecule has 0 radical (unpaired) electrons. The Hall–Kier alpha value is -1.86. The lowest BCUT2D eigenvalue weighted by molar-refractivity contribution is -0.121. The van der Waals surface area contributed by atoms with E-state index in [1.807, 2.05) is 18.2 Å². The largest absolute Gasteiger partial charge is 0.358 e. The molecule has 0 spiro atoms. The van der Waals surface area contributed by atoms with Gasteiger partial charge in [0.05, 0.1) is 18.2 Å². The Labute approximate surface area is 108 Å². The molecule has 0 aliphatic heterocycles. The Kier molecular flexibility index (Phi) is 5.89. The number of nitrogens with zero attached hydrogens (tertiary/aromatic N) is 2. The number of likely N-dealkylation sites (N-methyl/N-ethyl adjacent to an activating group) is 1. The maximum absolute atomic E-state index is 11.4. The number of nitriles is 1. The van der Waals surface area contributed by atoms with E-state index in [9.17, 15) is 4.79 Å². The molecule has 0 fully saturated rings. The van der Waals surface area contributed by atoms with Gasteiger partial charge in [-0.15, -0.1) is 0 Å². The van der Waals surface area contributed by atoms with Crippen molar-refractivity contribution in [3.8, 4) is 6.07 Å². The fraction of sp³-hybridized carbons (Fsp3) is 0.429. The van der Waals surface area contributed by atoms with Gasteiger partial charge in [0.2, 0.25) is 5.91 Å². The van der Waals surface area contributed by atoms with Crippen LogP contribution in [0.25, 0.3) is 0 Å². The fourth-order valence-electron chi connectivity index (χ4n) is 1.82. The molecule has 1 aromatic rings. The van der Waals surface area contributed by atoms with E-state index in [1.54, 1.807) is 13.1 Å². The molecule has 0 unspecified atom stereocenters. The lowest BCUT2D eigenvalue weighted by Crippen LogP contribution is -2.35. The summed E-state index contributed by atoms with van der Waals surface area (Å²) in [5, 5.41) is 11.7. The van der Waals surface area contributed by atoms with E-state index in [-0.39, 0.29) is 5.91 Å². The number of nitrogens with one attached hydrogen (secondary N) is 1. The lowest BCUT2D eigenvalue weighted by atomic mass is 10.1. The van der Waals surface area contributed by atoms with Gasteiger partial charge in [-0.1, -0.05) is 25.1 Å². The molecule has 0 aliphatic carbocycles. The molecular weight excluding hydrogens is 226 g/mol. The minimum atomic E-state index is -0.00195. The molecule has 0 bridgehead atoms. The van der Waals surface area contributed by atoms with Gasteiger partial charge in [-0.05, 0) is 24.6 Å². The van der Waals surface area contributed by atoms with E-state index in [4.69, 9.17) is 5.26 Å². The number of amides is 1. The zero-order valence-electron chi connectivity index (χ0n) is 10.9. The molecule has 18 heavy (non-hydrogen) atoms. The monoisotopic (exact) mass is 245 g/mol. The highest BCUT2D eigenvalue weighted by molar-refractivity contribution is 5.77. The number of benzene rings is 1. The second-order valence-corrected chi connectivity index (χ2v) is 4.15. The van der Waals surface area contributed by atoms with Gasteiger partial charge in [-0.3, -0.25) is 9.69 Å². The molecule has 0 saturated carbocycles. The summed E-state index contributed by atoms with van der Waals surface area (Å²) < 4.78 is 0. The average molecular weight is 245 g/mol. The highest BCUT2D eigenvalue weighted by Gasteiger charge is 2.11. The Morgan fingerprint density at radius 3 is 2.78 bits per heavy atom. The number of carbonyl (C=O) groups is 1. The topological polar surface area (TPSA) is 56.1 Å². The molecular formula is C14H19N3O. The van der Waals surface area contributed by atoms with Crippen LogP contribution in [-0.2, 0) is 11.3 Å². The third-order valence-corrected chi connectivity index (χ3v) is 2.72. The first kappa shape index (κ1) is 14.2. The van der Waals surface area contributed by atoms with Crippen LogP contribution in [0.5, 0.6) is 0 Å². The smallest absolute Gasteiger partial charge is 0.233 e. The number of carbonyl (C=O) groups excluding carboxylic acids is 1. The van der Waals surface area contributed by atoms with Crippen molar-refractivity contribution in [2.24, 2.45) is 0 Å². The Bertz CT molecular complexity index is 437. The van der Waals surface area contributed by atoms with Gasteiger partial charge in [-0.2, -0.15) is 5.26 Å². The van der Waals surface area contributed by atoms with Gasteiger partial charge in [0.15, 0.2) is 0 Å². The molecule has 96 valence electrons. The van der Waals surface area contributed by atoms with Gasteiger partial charge >= 0.3 is 0 Å². The van der Waals surface area contributed by atoms with Crippen LogP contribution in [0, 0.1) is 11.3 Å². The van der Waals surface area contributed by atoms with Crippen LogP contribution >= 0.6 is 0 Å². The first-order chi connectivity index (χ1) is 8.71. The molecule has 0 saturated heterocycles. The van der Waals surface area contributed by atoms with Crippen molar-refractivity contribution in [3.63, 3.8) is 0 Å². The number of hydrogen-bond donors (Lipinski definition) is 1. The number of rotatable bonds is 6. The van der Waals surface area contributed by atoms with Crippen molar-refractivity contribution < 1.29 is 4.79 Å². The Morgan fingerprint density at radius 1 is 1.44 bits per heavy atom. The maximum Gasteiger partial charge on any atom is 0.233 e. The van der Waals surface area contributed by atoms with Gasteiger partial charge in [0.25, 0.3) is 0 Å². The van der Waals surface area contributed by atoms with Crippen molar-refractivity contribution in [1.29, 1.82) is 5.26 Å². The molecule has 0 atom stereocenters. The van der Waals surface area contributed by atoms with E-state index in [0.29, 0.717) is 18.7 Å². The maximum atomic E-state index is 11.4. The van der Waals surface area contributed by atoms with Gasteiger partial charge in [-0.25, -0.2) is 0 Å². The summed E-state index contributed by atoms with van der Waals surface area (Å²) in [5.41, 5.74) is 1.65. The van der Waals surface area contributed by atoms with Crippen molar-refractivity contribution >= 4 is 5.91 Å². The van der Waals surface area contributed by atoms with Crippen LogP contribution in [0.1, 0.15) is 24.5 Å². The predicted octanol–water partition coefficient (Wildman–Crippen LogP) is 1.52. The molecule has 0 aromatic heterocycles. The summed E-state index contributed by atoms with van der Waals surface area (Å²) >= 11 is 0. The summed E-state index contributed by atoms with van der Waals surface area (Å²) in [7, 11) is 1.63. The van der Waals surface area contributed by atoms with Crippen molar-refractivity contribution in [3.05, 3.63) is 35.4 Å². The Morgan fingerprint density at radius 2 is 2.17 bits per heavy atom. The predicted molar refractivity (Wildman–Crippen MR) is 70.8 cm³/mol. The highest BCUT2D eigenvalue weighted by Crippen LogP contribution is 2.10. The molecule has 1 aromatic carbocycles.